The summed E-state index contributed by atoms with van der Waals surface area (Å²) in [4.78, 5) is 0. The Morgan fingerprint density at radius 2 is 1.36 bits per heavy atom. The van der Waals surface area contributed by atoms with Crippen LogP contribution >= 0.6 is 0 Å². The summed E-state index contributed by atoms with van der Waals surface area (Å²) in [5.41, 5.74) is 9.81. The van der Waals surface area contributed by atoms with Crippen molar-refractivity contribution in [1.29, 1.82) is 0 Å². The molecule has 0 saturated heterocycles. The third kappa shape index (κ3) is 3.18. The number of methoxy groups -OCH3 is 1. The highest BCUT2D eigenvalue weighted by molar-refractivity contribution is 5.60. The molecule has 0 spiro atoms. The molecule has 0 aromatic heterocycles. The number of hydrogen-bond donors (Lipinski definition) is 0. The van der Waals surface area contributed by atoms with Gasteiger partial charge in [-0.05, 0) is 50.2 Å². The van der Waals surface area contributed by atoms with Crippen molar-refractivity contribution in [3.8, 4) is 5.75 Å². The van der Waals surface area contributed by atoms with Gasteiger partial charge in [-0.1, -0.05) is 70.4 Å². The number of allylic oxidation sites excluding steroid dienone is 4. The van der Waals surface area contributed by atoms with Crippen molar-refractivity contribution in [3.63, 3.8) is 0 Å². The second kappa shape index (κ2) is 6.34. The Balaban J connectivity index is 2.80. The van der Waals surface area contributed by atoms with E-state index in [1.165, 1.54) is 39.0 Å². The van der Waals surface area contributed by atoms with Gasteiger partial charge in [0.2, 0.25) is 0 Å². The van der Waals surface area contributed by atoms with Crippen LogP contribution in [0.3, 0.4) is 0 Å². The molecule has 1 heteroatoms. The molecule has 1 aromatic rings. The molecule has 0 fully saturated rings. The highest BCUT2D eigenvalue weighted by Crippen LogP contribution is 2.50. The Morgan fingerprint density at radius 1 is 0.840 bits per heavy atom. The zero-order valence-electron chi connectivity index (χ0n) is 18.1. The van der Waals surface area contributed by atoms with E-state index < -0.39 is 0 Å². The number of aryl methyl sites for hydroxylation is 1. The van der Waals surface area contributed by atoms with E-state index in [1.54, 1.807) is 0 Å². The normalized spacial score (nSPS) is 19.1. The first-order chi connectivity index (χ1) is 11.3. The van der Waals surface area contributed by atoms with Gasteiger partial charge in [0.25, 0.3) is 0 Å². The lowest BCUT2D eigenvalue weighted by atomic mass is 9.71. The maximum Gasteiger partial charge on any atom is 0.126 e. The summed E-state index contributed by atoms with van der Waals surface area (Å²) >= 11 is 0. The molecule has 0 radical (unpaired) electrons. The highest BCUT2D eigenvalue weighted by atomic mass is 16.5. The molecule has 2 rings (SSSR count). The highest BCUT2D eigenvalue weighted by Gasteiger charge is 2.38. The van der Waals surface area contributed by atoms with Gasteiger partial charge in [-0.3, -0.25) is 0 Å². The predicted octanol–water partition coefficient (Wildman–Crippen LogP) is 6.88. The second-order valence-corrected chi connectivity index (χ2v) is 9.36. The Hall–Kier alpha value is -1.50. The van der Waals surface area contributed by atoms with Crippen molar-refractivity contribution >= 4 is 0 Å². The first kappa shape index (κ1) is 19.8. The zero-order valence-corrected chi connectivity index (χ0v) is 18.1. The van der Waals surface area contributed by atoms with Crippen LogP contribution in [0.5, 0.6) is 5.75 Å². The maximum atomic E-state index is 5.99. The zero-order chi connectivity index (χ0) is 19.3. The van der Waals surface area contributed by atoms with Gasteiger partial charge < -0.3 is 4.74 Å². The predicted molar refractivity (Wildman–Crippen MR) is 110 cm³/mol. The molecule has 0 bridgehead atoms. The average Bonchev–Trinajstić information content (AvgIpc) is 2.69. The minimum atomic E-state index is -0.0858. The molecule has 25 heavy (non-hydrogen) atoms. The molecule has 1 aromatic carbocycles. The van der Waals surface area contributed by atoms with Crippen molar-refractivity contribution in [1.82, 2.24) is 0 Å². The van der Waals surface area contributed by atoms with E-state index in [9.17, 15) is 0 Å². The molecule has 138 valence electrons. The largest absolute Gasteiger partial charge is 0.496 e. The minimum Gasteiger partial charge on any atom is -0.496 e. The topological polar surface area (TPSA) is 9.23 Å². The van der Waals surface area contributed by atoms with Crippen LogP contribution in [0.15, 0.2) is 34.4 Å². The van der Waals surface area contributed by atoms with E-state index >= 15 is 0 Å². The SMILES string of the molecule is COc1c(C(C)(C)C)cc(C)cc1C(C)(C)C1=C(C)C(C)C(C)=C1C. The van der Waals surface area contributed by atoms with Crippen LogP contribution in [0, 0.1) is 12.8 Å². The van der Waals surface area contributed by atoms with Gasteiger partial charge in [-0.25, -0.2) is 0 Å². The molecule has 1 aliphatic rings. The summed E-state index contributed by atoms with van der Waals surface area (Å²) in [6.45, 7) is 22.9. The van der Waals surface area contributed by atoms with E-state index in [4.69, 9.17) is 4.74 Å². The Bertz CT molecular complexity index is 751. The summed E-state index contributed by atoms with van der Waals surface area (Å²) in [6, 6.07) is 4.60. The van der Waals surface area contributed by atoms with Crippen LogP contribution in [0.25, 0.3) is 0 Å². The number of hydrogen-bond acceptors (Lipinski definition) is 1. The standard InChI is InChI=1S/C24H36O/c1-14-12-19(23(6,7)8)22(25-11)20(13-14)24(9,10)21-17(4)15(2)16(3)18(21)5/h12-13,15H,1-11H3. The summed E-state index contributed by atoms with van der Waals surface area (Å²) in [6.07, 6.45) is 0. The van der Waals surface area contributed by atoms with E-state index in [2.05, 4.69) is 81.4 Å². The van der Waals surface area contributed by atoms with E-state index in [0.29, 0.717) is 5.92 Å². The average molecular weight is 341 g/mol. The fourth-order valence-electron chi connectivity index (χ4n) is 4.47. The van der Waals surface area contributed by atoms with Crippen molar-refractivity contribution in [2.75, 3.05) is 7.11 Å². The van der Waals surface area contributed by atoms with Crippen molar-refractivity contribution in [3.05, 3.63) is 51.1 Å². The Morgan fingerprint density at radius 3 is 1.76 bits per heavy atom. The third-order valence-corrected chi connectivity index (χ3v) is 6.20. The van der Waals surface area contributed by atoms with Gasteiger partial charge in [-0.15, -0.1) is 0 Å². The molecule has 1 unspecified atom stereocenters. The molecule has 1 aliphatic carbocycles. The number of benzene rings is 1. The summed E-state index contributed by atoms with van der Waals surface area (Å²) in [7, 11) is 1.81. The van der Waals surface area contributed by atoms with Crippen LogP contribution in [-0.2, 0) is 10.8 Å². The Labute approximate surface area is 155 Å². The van der Waals surface area contributed by atoms with Gasteiger partial charge >= 0.3 is 0 Å². The Kier molecular flexibility index (Phi) is 5.03. The fourth-order valence-corrected chi connectivity index (χ4v) is 4.47. The van der Waals surface area contributed by atoms with Crippen molar-refractivity contribution < 1.29 is 4.74 Å². The quantitative estimate of drug-likeness (QED) is 0.582. The lowest BCUT2D eigenvalue weighted by molar-refractivity contribution is 0.383. The molecule has 1 nitrogen and oxygen atoms in total. The maximum absolute atomic E-state index is 5.99. The first-order valence-corrected chi connectivity index (χ1v) is 9.42. The van der Waals surface area contributed by atoms with Crippen molar-refractivity contribution in [2.24, 2.45) is 5.92 Å². The molecule has 0 N–H and O–H groups in total. The van der Waals surface area contributed by atoms with Crippen LogP contribution in [-0.4, -0.2) is 7.11 Å². The fraction of sp³-hybridized carbons (Fsp3) is 0.583. The third-order valence-electron chi connectivity index (χ3n) is 6.20. The van der Waals surface area contributed by atoms with E-state index in [0.717, 1.165) is 5.75 Å². The van der Waals surface area contributed by atoms with Gasteiger partial charge in [0, 0.05) is 16.5 Å². The molecule has 0 aliphatic heterocycles. The molecule has 0 heterocycles. The lowest BCUT2D eigenvalue weighted by Crippen LogP contribution is -2.25. The number of ether oxygens (including phenoxy) is 1. The minimum absolute atomic E-state index is 0.0510. The second-order valence-electron chi connectivity index (χ2n) is 9.36. The monoisotopic (exact) mass is 340 g/mol. The van der Waals surface area contributed by atoms with Gasteiger partial charge in [0.1, 0.15) is 5.75 Å². The number of rotatable bonds is 3. The van der Waals surface area contributed by atoms with Crippen LogP contribution < -0.4 is 4.74 Å². The van der Waals surface area contributed by atoms with Gasteiger partial charge in [0.05, 0.1) is 7.11 Å². The lowest BCUT2D eigenvalue weighted by Gasteiger charge is -2.34. The van der Waals surface area contributed by atoms with Crippen LogP contribution in [0.1, 0.15) is 79.0 Å². The van der Waals surface area contributed by atoms with E-state index in [1.807, 2.05) is 7.11 Å². The molecular weight excluding hydrogens is 304 g/mol. The summed E-state index contributed by atoms with van der Waals surface area (Å²) in [5, 5.41) is 0. The molecular formula is C24H36O. The first-order valence-electron chi connectivity index (χ1n) is 9.42. The molecule has 1 atom stereocenters. The summed E-state index contributed by atoms with van der Waals surface area (Å²) < 4.78 is 5.99. The van der Waals surface area contributed by atoms with Crippen LogP contribution in [0.2, 0.25) is 0 Å². The molecule has 0 amide bonds. The molecule has 0 saturated carbocycles. The van der Waals surface area contributed by atoms with Gasteiger partial charge in [-0.2, -0.15) is 0 Å². The smallest absolute Gasteiger partial charge is 0.126 e. The van der Waals surface area contributed by atoms with Crippen LogP contribution in [0.4, 0.5) is 0 Å². The van der Waals surface area contributed by atoms with Gasteiger partial charge in [0.15, 0.2) is 0 Å². The van der Waals surface area contributed by atoms with Crippen molar-refractivity contribution in [2.45, 2.75) is 80.1 Å². The summed E-state index contributed by atoms with van der Waals surface area (Å²) in [5.74, 6) is 1.58. The van der Waals surface area contributed by atoms with E-state index in [-0.39, 0.29) is 10.8 Å².